The molecule has 0 amide bonds. The van der Waals surface area contributed by atoms with Crippen LogP contribution in [0.15, 0.2) is 37.9 Å². The van der Waals surface area contributed by atoms with Crippen LogP contribution in [0.5, 0.6) is 0 Å². The van der Waals surface area contributed by atoms with Crippen molar-refractivity contribution < 1.29 is 13.2 Å². The number of hydrogen-bond acceptors (Lipinski definition) is 1. The summed E-state index contributed by atoms with van der Waals surface area (Å²) in [6.07, 6.45) is -4.41. The van der Waals surface area contributed by atoms with Gasteiger partial charge in [0.05, 0.1) is 18.5 Å². The van der Waals surface area contributed by atoms with E-state index in [0.29, 0.717) is 5.56 Å². The molecular weight excluding hydrogens is 428 g/mol. The van der Waals surface area contributed by atoms with Crippen LogP contribution in [0.25, 0.3) is 0 Å². The van der Waals surface area contributed by atoms with Crippen molar-refractivity contribution >= 4 is 54.8 Å². The summed E-state index contributed by atoms with van der Waals surface area (Å²) in [7, 11) is 0. The van der Waals surface area contributed by atoms with E-state index in [9.17, 15) is 13.2 Å². The Morgan fingerprint density at radius 1 is 1.11 bits per heavy atom. The number of alkyl halides is 4. The lowest BCUT2D eigenvalue weighted by atomic mass is 10.0. The van der Waals surface area contributed by atoms with E-state index >= 15 is 0 Å². The Hall–Kier alpha value is -0.0400. The molecule has 2 rings (SSSR count). The fraction of sp³-hybridized carbons (Fsp3) is 0.167. The molecule has 1 heterocycles. The Balaban J connectivity index is 2.50. The average molecular weight is 435 g/mol. The first-order valence-electron chi connectivity index (χ1n) is 5.05. The topological polar surface area (TPSA) is 0 Å². The standard InChI is InChI=1S/C12H6Br2ClF3S/c13-9-5-7(11(14)19-9)10(15)6-3-1-2-4-8(6)12(16,17)18/h1-5,10H. The van der Waals surface area contributed by atoms with E-state index in [1.54, 1.807) is 12.1 Å². The lowest BCUT2D eigenvalue weighted by Crippen LogP contribution is -2.10. The smallest absolute Gasteiger partial charge is 0.166 e. The van der Waals surface area contributed by atoms with Crippen LogP contribution < -0.4 is 0 Å². The quantitative estimate of drug-likeness (QED) is 0.466. The molecule has 0 fully saturated rings. The van der Waals surface area contributed by atoms with E-state index in [1.165, 1.54) is 23.5 Å². The molecule has 1 aromatic heterocycles. The Kier molecular flexibility index (Phi) is 4.65. The van der Waals surface area contributed by atoms with Crippen LogP contribution >= 0.6 is 54.8 Å². The largest absolute Gasteiger partial charge is 0.416 e. The van der Waals surface area contributed by atoms with E-state index in [4.69, 9.17) is 11.6 Å². The molecule has 102 valence electrons. The molecule has 2 aromatic rings. The highest BCUT2D eigenvalue weighted by Gasteiger charge is 2.35. The minimum absolute atomic E-state index is 0.0580. The zero-order chi connectivity index (χ0) is 14.2. The molecule has 0 aliphatic heterocycles. The molecule has 0 spiro atoms. The normalized spacial score (nSPS) is 13.6. The molecule has 0 aliphatic rings. The third kappa shape index (κ3) is 3.35. The van der Waals surface area contributed by atoms with Gasteiger partial charge in [-0.05, 0) is 49.6 Å². The van der Waals surface area contributed by atoms with E-state index in [0.717, 1.165) is 13.6 Å². The molecule has 1 aromatic carbocycles. The summed E-state index contributed by atoms with van der Waals surface area (Å²) < 4.78 is 40.4. The van der Waals surface area contributed by atoms with Gasteiger partial charge in [0, 0.05) is 5.56 Å². The molecule has 1 atom stereocenters. The fourth-order valence-corrected chi connectivity index (χ4v) is 5.13. The number of thiophene rings is 1. The summed E-state index contributed by atoms with van der Waals surface area (Å²) >= 11 is 14.2. The highest BCUT2D eigenvalue weighted by Crippen LogP contribution is 2.44. The Morgan fingerprint density at radius 2 is 1.74 bits per heavy atom. The third-order valence-corrected chi connectivity index (χ3v) is 5.35. The first-order chi connectivity index (χ1) is 8.80. The van der Waals surface area contributed by atoms with Crippen LogP contribution in [-0.4, -0.2) is 0 Å². The van der Waals surface area contributed by atoms with Crippen LogP contribution in [0.1, 0.15) is 22.1 Å². The lowest BCUT2D eigenvalue weighted by Gasteiger charge is -2.16. The van der Waals surface area contributed by atoms with E-state index in [-0.39, 0.29) is 5.56 Å². The molecule has 0 radical (unpaired) electrons. The maximum absolute atomic E-state index is 13.0. The molecule has 0 bridgehead atoms. The van der Waals surface area contributed by atoms with Gasteiger partial charge in [-0.25, -0.2) is 0 Å². The lowest BCUT2D eigenvalue weighted by molar-refractivity contribution is -0.138. The summed E-state index contributed by atoms with van der Waals surface area (Å²) in [6.45, 7) is 0. The SMILES string of the molecule is FC(F)(F)c1ccccc1C(Cl)c1cc(Br)sc1Br. The van der Waals surface area contributed by atoms with Crippen LogP contribution in [0.4, 0.5) is 13.2 Å². The fourth-order valence-electron chi connectivity index (χ4n) is 1.67. The molecule has 0 aliphatic carbocycles. The molecule has 1 unspecified atom stereocenters. The van der Waals surface area contributed by atoms with Gasteiger partial charge in [-0.1, -0.05) is 18.2 Å². The first-order valence-corrected chi connectivity index (χ1v) is 7.89. The molecule has 0 nitrogen and oxygen atoms in total. The van der Waals surface area contributed by atoms with Crippen molar-refractivity contribution in [3.8, 4) is 0 Å². The summed E-state index contributed by atoms with van der Waals surface area (Å²) in [5.74, 6) is 0. The predicted octanol–water partition coefficient (Wildman–Crippen LogP) is 6.62. The highest BCUT2D eigenvalue weighted by molar-refractivity contribution is 9.12. The molecule has 0 saturated heterocycles. The van der Waals surface area contributed by atoms with Crippen molar-refractivity contribution in [3.05, 3.63) is 54.6 Å². The minimum atomic E-state index is -4.41. The van der Waals surface area contributed by atoms with Crippen molar-refractivity contribution in [1.29, 1.82) is 0 Å². The number of benzene rings is 1. The van der Waals surface area contributed by atoms with Gasteiger partial charge in [0.15, 0.2) is 0 Å². The Labute approximate surface area is 133 Å². The maximum atomic E-state index is 13.0. The van der Waals surface area contributed by atoms with Crippen molar-refractivity contribution in [2.24, 2.45) is 0 Å². The highest BCUT2D eigenvalue weighted by atomic mass is 79.9. The number of halogens is 6. The van der Waals surface area contributed by atoms with Crippen molar-refractivity contribution in [1.82, 2.24) is 0 Å². The van der Waals surface area contributed by atoms with Gasteiger partial charge in [-0.15, -0.1) is 22.9 Å². The maximum Gasteiger partial charge on any atom is 0.416 e. The van der Waals surface area contributed by atoms with E-state index < -0.39 is 17.1 Å². The second kappa shape index (κ2) is 5.76. The van der Waals surface area contributed by atoms with E-state index in [1.807, 2.05) is 0 Å². The minimum Gasteiger partial charge on any atom is -0.166 e. The second-order valence-corrected chi connectivity index (χ2v) is 7.91. The summed E-state index contributed by atoms with van der Waals surface area (Å²) in [4.78, 5) is 0. The number of rotatable bonds is 2. The molecular formula is C12H6Br2ClF3S. The van der Waals surface area contributed by atoms with Gasteiger partial charge in [-0.3, -0.25) is 0 Å². The second-order valence-electron chi connectivity index (χ2n) is 3.73. The monoisotopic (exact) mass is 432 g/mol. The Morgan fingerprint density at radius 3 is 2.26 bits per heavy atom. The van der Waals surface area contributed by atoms with Crippen LogP contribution in [0.3, 0.4) is 0 Å². The molecule has 19 heavy (non-hydrogen) atoms. The van der Waals surface area contributed by atoms with Crippen LogP contribution in [0.2, 0.25) is 0 Å². The molecule has 0 saturated carbocycles. The van der Waals surface area contributed by atoms with Crippen molar-refractivity contribution in [2.75, 3.05) is 0 Å². The predicted molar refractivity (Wildman–Crippen MR) is 78.9 cm³/mol. The summed E-state index contributed by atoms with van der Waals surface area (Å²) in [5, 5.41) is -0.852. The van der Waals surface area contributed by atoms with Gasteiger partial charge in [0.25, 0.3) is 0 Å². The zero-order valence-electron chi connectivity index (χ0n) is 9.14. The van der Waals surface area contributed by atoms with Gasteiger partial charge in [0.1, 0.15) is 0 Å². The Bertz CT molecular complexity index is 595. The summed E-state index contributed by atoms with van der Waals surface area (Å²) in [6, 6.07) is 7.07. The van der Waals surface area contributed by atoms with Crippen molar-refractivity contribution in [3.63, 3.8) is 0 Å². The zero-order valence-corrected chi connectivity index (χ0v) is 13.9. The van der Waals surface area contributed by atoms with Gasteiger partial charge in [0.2, 0.25) is 0 Å². The average Bonchev–Trinajstić information content (AvgIpc) is 2.66. The van der Waals surface area contributed by atoms with Gasteiger partial charge in [-0.2, -0.15) is 13.2 Å². The molecule has 0 N–H and O–H groups in total. The third-order valence-electron chi connectivity index (χ3n) is 2.50. The van der Waals surface area contributed by atoms with Crippen molar-refractivity contribution in [2.45, 2.75) is 11.6 Å². The van der Waals surface area contributed by atoms with Crippen LogP contribution in [0, 0.1) is 0 Å². The molecule has 7 heteroatoms. The number of hydrogen-bond donors (Lipinski definition) is 0. The first kappa shape index (κ1) is 15.4. The van der Waals surface area contributed by atoms with Gasteiger partial charge < -0.3 is 0 Å². The summed E-state index contributed by atoms with van der Waals surface area (Å²) in [5.41, 5.74) is -0.0258. The van der Waals surface area contributed by atoms with E-state index in [2.05, 4.69) is 31.9 Å². The van der Waals surface area contributed by atoms with Crippen LogP contribution in [-0.2, 0) is 6.18 Å². The van der Waals surface area contributed by atoms with Gasteiger partial charge >= 0.3 is 6.18 Å².